The Morgan fingerprint density at radius 2 is 2.36 bits per heavy atom. The summed E-state index contributed by atoms with van der Waals surface area (Å²) >= 11 is 1.62. The molecule has 0 saturated carbocycles. The van der Waals surface area contributed by atoms with E-state index in [9.17, 15) is 0 Å². The number of hydrogen-bond donors (Lipinski definition) is 0. The molecular formula is C10H13N3S. The largest absolute Gasteiger partial charge is 0.222 e. The van der Waals surface area contributed by atoms with Gasteiger partial charge in [-0.1, -0.05) is 25.2 Å². The fourth-order valence-corrected chi connectivity index (χ4v) is 3.11. The molecule has 3 rings (SSSR count). The molecule has 74 valence electrons. The van der Waals surface area contributed by atoms with Crippen LogP contribution in [-0.2, 0) is 6.42 Å². The van der Waals surface area contributed by atoms with Crippen LogP contribution in [0.5, 0.6) is 0 Å². The third-order valence-corrected chi connectivity index (χ3v) is 3.71. The predicted molar refractivity (Wildman–Crippen MR) is 56.8 cm³/mol. The van der Waals surface area contributed by atoms with E-state index in [0.717, 1.165) is 17.3 Å². The second-order valence-corrected chi connectivity index (χ2v) is 5.13. The maximum absolute atomic E-state index is 4.65. The zero-order valence-electron chi connectivity index (χ0n) is 8.40. The quantitative estimate of drug-likeness (QED) is 0.664. The molecule has 0 aliphatic heterocycles. The molecule has 2 aromatic rings. The van der Waals surface area contributed by atoms with Gasteiger partial charge >= 0.3 is 0 Å². The van der Waals surface area contributed by atoms with Gasteiger partial charge in [0.1, 0.15) is 5.51 Å². The van der Waals surface area contributed by atoms with E-state index in [1.54, 1.807) is 11.3 Å². The van der Waals surface area contributed by atoms with Crippen molar-refractivity contribution in [2.75, 3.05) is 0 Å². The molecule has 2 atom stereocenters. The highest BCUT2D eigenvalue weighted by molar-refractivity contribution is 7.14. The molecule has 0 fully saturated rings. The van der Waals surface area contributed by atoms with Crippen molar-refractivity contribution in [1.29, 1.82) is 0 Å². The van der Waals surface area contributed by atoms with Crippen LogP contribution < -0.4 is 0 Å². The number of nitrogens with zero attached hydrogens (tertiary/aromatic N) is 3. The molecule has 0 N–H and O–H groups in total. The molecule has 0 aromatic carbocycles. The summed E-state index contributed by atoms with van der Waals surface area (Å²) in [7, 11) is 0. The number of imidazole rings is 1. The van der Waals surface area contributed by atoms with Gasteiger partial charge in [0.25, 0.3) is 0 Å². The monoisotopic (exact) mass is 207 g/mol. The van der Waals surface area contributed by atoms with Gasteiger partial charge in [0, 0.05) is 5.92 Å². The number of hydrogen-bond acceptors (Lipinski definition) is 3. The van der Waals surface area contributed by atoms with Crippen molar-refractivity contribution in [2.45, 2.75) is 32.6 Å². The van der Waals surface area contributed by atoms with Crippen LogP contribution in [-0.4, -0.2) is 14.6 Å². The van der Waals surface area contributed by atoms with Crippen LogP contribution in [0.2, 0.25) is 0 Å². The van der Waals surface area contributed by atoms with Crippen LogP contribution in [0.1, 0.15) is 37.6 Å². The number of rotatable bonds is 0. The zero-order chi connectivity index (χ0) is 9.71. The average molecular weight is 207 g/mol. The molecule has 3 nitrogen and oxygen atoms in total. The average Bonchev–Trinajstić information content (AvgIpc) is 2.65. The van der Waals surface area contributed by atoms with Crippen molar-refractivity contribution in [3.05, 3.63) is 16.9 Å². The van der Waals surface area contributed by atoms with E-state index < -0.39 is 0 Å². The molecule has 4 heteroatoms. The second-order valence-electron chi connectivity index (χ2n) is 4.32. The SMILES string of the molecule is CC1Cc2c(nc3scnn23)C(C)C1. The van der Waals surface area contributed by atoms with E-state index in [2.05, 4.69) is 23.9 Å². The molecule has 0 bridgehead atoms. The highest BCUT2D eigenvalue weighted by Crippen LogP contribution is 2.34. The molecule has 1 aliphatic rings. The predicted octanol–water partition coefficient (Wildman–Crippen LogP) is 2.48. The molecule has 2 aromatic heterocycles. The Morgan fingerprint density at radius 1 is 1.50 bits per heavy atom. The van der Waals surface area contributed by atoms with Crippen molar-refractivity contribution < 1.29 is 0 Å². The summed E-state index contributed by atoms with van der Waals surface area (Å²) in [5.41, 5.74) is 4.49. The third-order valence-electron chi connectivity index (χ3n) is 3.03. The number of fused-ring (bicyclic) bond motifs is 3. The Morgan fingerprint density at radius 3 is 3.21 bits per heavy atom. The van der Waals surface area contributed by atoms with Crippen LogP contribution in [0.4, 0.5) is 0 Å². The summed E-state index contributed by atoms with van der Waals surface area (Å²) in [6, 6.07) is 0. The summed E-state index contributed by atoms with van der Waals surface area (Å²) in [6.07, 6.45) is 2.39. The summed E-state index contributed by atoms with van der Waals surface area (Å²) in [5.74, 6) is 1.36. The summed E-state index contributed by atoms with van der Waals surface area (Å²) in [5, 5.41) is 4.33. The van der Waals surface area contributed by atoms with Crippen LogP contribution in [0.15, 0.2) is 5.51 Å². The fourth-order valence-electron chi connectivity index (χ4n) is 2.47. The van der Waals surface area contributed by atoms with Gasteiger partial charge < -0.3 is 0 Å². The van der Waals surface area contributed by atoms with Gasteiger partial charge in [-0.05, 0) is 18.8 Å². The minimum Gasteiger partial charge on any atom is -0.222 e. The van der Waals surface area contributed by atoms with Crippen LogP contribution in [0.25, 0.3) is 4.96 Å². The molecule has 14 heavy (non-hydrogen) atoms. The normalized spacial score (nSPS) is 26.7. The van der Waals surface area contributed by atoms with Gasteiger partial charge in [-0.2, -0.15) is 5.10 Å². The van der Waals surface area contributed by atoms with Gasteiger partial charge in [0.05, 0.1) is 11.4 Å². The molecule has 0 amide bonds. The summed E-state index contributed by atoms with van der Waals surface area (Å²) in [6.45, 7) is 4.58. The van der Waals surface area contributed by atoms with Crippen molar-refractivity contribution in [3.63, 3.8) is 0 Å². The molecule has 0 saturated heterocycles. The van der Waals surface area contributed by atoms with E-state index in [1.807, 2.05) is 10.0 Å². The third kappa shape index (κ3) is 1.03. The first kappa shape index (κ1) is 8.41. The minimum atomic E-state index is 0.600. The lowest BCUT2D eigenvalue weighted by molar-refractivity contribution is 0.435. The molecular weight excluding hydrogens is 194 g/mol. The Labute approximate surface area is 86.8 Å². The van der Waals surface area contributed by atoms with Crippen molar-refractivity contribution in [1.82, 2.24) is 14.6 Å². The second kappa shape index (κ2) is 2.79. The maximum Gasteiger partial charge on any atom is 0.212 e. The lowest BCUT2D eigenvalue weighted by Crippen LogP contribution is -2.15. The summed E-state index contributed by atoms with van der Waals surface area (Å²) < 4.78 is 2.02. The van der Waals surface area contributed by atoms with Crippen LogP contribution in [0.3, 0.4) is 0 Å². The maximum atomic E-state index is 4.65. The molecule has 2 heterocycles. The minimum absolute atomic E-state index is 0.600. The lowest BCUT2D eigenvalue weighted by atomic mass is 9.84. The molecule has 1 aliphatic carbocycles. The number of aromatic nitrogens is 3. The van der Waals surface area contributed by atoms with E-state index in [4.69, 9.17) is 0 Å². The van der Waals surface area contributed by atoms with Crippen LogP contribution in [0, 0.1) is 5.92 Å². The Bertz CT molecular complexity index is 471. The van der Waals surface area contributed by atoms with Crippen molar-refractivity contribution in [2.24, 2.45) is 5.92 Å². The van der Waals surface area contributed by atoms with E-state index in [1.165, 1.54) is 17.8 Å². The molecule has 2 unspecified atom stereocenters. The topological polar surface area (TPSA) is 30.2 Å². The van der Waals surface area contributed by atoms with Gasteiger partial charge in [-0.25, -0.2) is 9.50 Å². The van der Waals surface area contributed by atoms with Crippen molar-refractivity contribution in [3.8, 4) is 0 Å². The smallest absolute Gasteiger partial charge is 0.212 e. The molecule has 0 spiro atoms. The fraction of sp³-hybridized carbons (Fsp3) is 0.600. The van der Waals surface area contributed by atoms with Gasteiger partial charge in [0.15, 0.2) is 0 Å². The van der Waals surface area contributed by atoms with E-state index >= 15 is 0 Å². The van der Waals surface area contributed by atoms with Gasteiger partial charge in [-0.3, -0.25) is 0 Å². The lowest BCUT2D eigenvalue weighted by Gasteiger charge is -2.22. The Kier molecular flexibility index (Phi) is 1.68. The Hall–Kier alpha value is -0.900. The zero-order valence-corrected chi connectivity index (χ0v) is 9.21. The first-order valence-electron chi connectivity index (χ1n) is 5.06. The first-order valence-corrected chi connectivity index (χ1v) is 5.94. The highest BCUT2D eigenvalue weighted by atomic mass is 32.1. The van der Waals surface area contributed by atoms with E-state index in [-0.39, 0.29) is 0 Å². The van der Waals surface area contributed by atoms with Gasteiger partial charge in [0.2, 0.25) is 4.96 Å². The highest BCUT2D eigenvalue weighted by Gasteiger charge is 2.26. The van der Waals surface area contributed by atoms with Crippen LogP contribution >= 0.6 is 11.3 Å². The molecule has 0 radical (unpaired) electrons. The van der Waals surface area contributed by atoms with Crippen molar-refractivity contribution >= 4 is 16.3 Å². The van der Waals surface area contributed by atoms with E-state index in [0.29, 0.717) is 5.92 Å². The standard InChI is InChI=1S/C10H13N3S/c1-6-3-7(2)9-8(4-6)13-10(12-9)14-5-11-13/h5-7H,3-4H2,1-2H3. The first-order chi connectivity index (χ1) is 6.75. The van der Waals surface area contributed by atoms with Gasteiger partial charge in [-0.15, -0.1) is 0 Å². The Balaban J connectivity index is 2.25. The summed E-state index contributed by atoms with van der Waals surface area (Å²) in [4.78, 5) is 5.70.